The van der Waals surface area contributed by atoms with Crippen molar-refractivity contribution in [1.29, 1.82) is 0 Å². The lowest BCUT2D eigenvalue weighted by atomic mass is 10.0. The molecule has 0 atom stereocenters. The van der Waals surface area contributed by atoms with Crippen LogP contribution in [0.4, 0.5) is 24.7 Å². The Morgan fingerprint density at radius 2 is 1.97 bits per heavy atom. The molecule has 3 aromatic heterocycles. The van der Waals surface area contributed by atoms with Gasteiger partial charge in [-0.3, -0.25) is 4.79 Å². The molecule has 0 fully saturated rings. The lowest BCUT2D eigenvalue weighted by Gasteiger charge is -2.13. The van der Waals surface area contributed by atoms with E-state index in [1.165, 1.54) is 24.5 Å². The average molecular weight is 507 g/mol. The van der Waals surface area contributed by atoms with Crippen LogP contribution < -0.4 is 10.1 Å². The van der Waals surface area contributed by atoms with Crippen LogP contribution in [0.5, 0.6) is 5.75 Å². The van der Waals surface area contributed by atoms with E-state index >= 15 is 0 Å². The summed E-state index contributed by atoms with van der Waals surface area (Å²) in [7, 11) is 1.82. The Labute approximate surface area is 208 Å². The van der Waals surface area contributed by atoms with Crippen LogP contribution in [-0.4, -0.2) is 31.7 Å². The van der Waals surface area contributed by atoms with Gasteiger partial charge < -0.3 is 19.0 Å². The third-order valence-electron chi connectivity index (χ3n) is 5.65. The van der Waals surface area contributed by atoms with Crippen LogP contribution in [-0.2, 0) is 13.5 Å². The Hall–Kier alpha value is -4.67. The van der Waals surface area contributed by atoms with Gasteiger partial charge in [0.15, 0.2) is 28.6 Å². The first-order valence-corrected chi connectivity index (χ1v) is 11.1. The van der Waals surface area contributed by atoms with Crippen LogP contribution in [0.3, 0.4) is 0 Å². The highest BCUT2D eigenvalue weighted by Gasteiger charge is 2.31. The zero-order valence-corrected chi connectivity index (χ0v) is 19.7. The number of ether oxygens (including phenoxy) is 1. The maximum absolute atomic E-state index is 13.0. The number of rotatable bonds is 7. The fourth-order valence-corrected chi connectivity index (χ4v) is 3.81. The van der Waals surface area contributed by atoms with E-state index in [-0.39, 0.29) is 18.0 Å². The number of aromatic nitrogens is 4. The standard InChI is InChI=1S/C26H20F3N5O3/c1-15-6-7-17(21(35)11-16-4-3-5-19(10-16)37-26(27,28)29)12-20(15)31-24-22-25(34(2)14-30-22)33-23(32-24)18-8-9-36-13-18/h3-10,12-14H,11H2,1-2H3,(H,31,32,33). The lowest BCUT2D eigenvalue weighted by Crippen LogP contribution is -2.17. The van der Waals surface area contributed by atoms with Gasteiger partial charge in [0.1, 0.15) is 12.0 Å². The Morgan fingerprint density at radius 1 is 1.14 bits per heavy atom. The minimum Gasteiger partial charge on any atom is -0.472 e. The summed E-state index contributed by atoms with van der Waals surface area (Å²) < 4.78 is 48.5. The van der Waals surface area contributed by atoms with E-state index in [1.54, 1.807) is 47.5 Å². The maximum Gasteiger partial charge on any atom is 0.573 e. The van der Waals surface area contributed by atoms with Crippen molar-refractivity contribution >= 4 is 28.5 Å². The van der Waals surface area contributed by atoms with Gasteiger partial charge >= 0.3 is 6.36 Å². The SMILES string of the molecule is Cc1ccc(C(=O)Cc2cccc(OC(F)(F)F)c2)cc1Nc1nc(-c2ccoc2)nc2c1ncn2C. The number of hydrogen-bond donors (Lipinski definition) is 1. The summed E-state index contributed by atoms with van der Waals surface area (Å²) in [4.78, 5) is 26.6. The van der Waals surface area contributed by atoms with Crippen LogP contribution in [0.15, 0.2) is 71.8 Å². The molecule has 3 heterocycles. The molecule has 0 saturated carbocycles. The third-order valence-corrected chi connectivity index (χ3v) is 5.65. The molecule has 0 aliphatic heterocycles. The Balaban J connectivity index is 1.43. The number of carbonyl (C=O) groups is 1. The van der Waals surface area contributed by atoms with Gasteiger partial charge in [0, 0.05) is 24.7 Å². The smallest absolute Gasteiger partial charge is 0.472 e. The minimum atomic E-state index is -4.81. The molecule has 11 heteroatoms. The topological polar surface area (TPSA) is 95.1 Å². The van der Waals surface area contributed by atoms with Gasteiger partial charge in [-0.2, -0.15) is 0 Å². The average Bonchev–Trinajstić information content (AvgIpc) is 3.50. The molecule has 188 valence electrons. The number of furan rings is 1. The number of benzene rings is 2. The Morgan fingerprint density at radius 3 is 2.73 bits per heavy atom. The molecular formula is C26H20F3N5O3. The van der Waals surface area contributed by atoms with Crippen molar-refractivity contribution in [2.75, 3.05) is 5.32 Å². The van der Waals surface area contributed by atoms with E-state index in [9.17, 15) is 18.0 Å². The zero-order valence-electron chi connectivity index (χ0n) is 19.7. The molecule has 5 rings (SSSR count). The van der Waals surface area contributed by atoms with Crippen LogP contribution in [0.1, 0.15) is 21.5 Å². The van der Waals surface area contributed by atoms with Crippen LogP contribution >= 0.6 is 0 Å². The largest absolute Gasteiger partial charge is 0.573 e. The lowest BCUT2D eigenvalue weighted by molar-refractivity contribution is -0.274. The second kappa shape index (κ2) is 9.41. The second-order valence-corrected chi connectivity index (χ2v) is 8.39. The van der Waals surface area contributed by atoms with Crippen molar-refractivity contribution in [2.45, 2.75) is 19.7 Å². The number of ketones is 1. The Bertz CT molecular complexity index is 1590. The molecular weight excluding hydrogens is 487 g/mol. The number of alkyl halides is 3. The van der Waals surface area contributed by atoms with Gasteiger partial charge in [-0.05, 0) is 42.3 Å². The number of aryl methyl sites for hydroxylation is 2. The molecule has 0 spiro atoms. The molecule has 0 amide bonds. The summed E-state index contributed by atoms with van der Waals surface area (Å²) in [5.41, 5.74) is 4.12. The molecule has 5 aromatic rings. The van der Waals surface area contributed by atoms with Crippen molar-refractivity contribution in [3.05, 3.63) is 84.1 Å². The summed E-state index contributed by atoms with van der Waals surface area (Å²) in [6.45, 7) is 1.88. The van der Waals surface area contributed by atoms with E-state index < -0.39 is 6.36 Å². The quantitative estimate of drug-likeness (QED) is 0.270. The predicted molar refractivity (Wildman–Crippen MR) is 130 cm³/mol. The fourth-order valence-electron chi connectivity index (χ4n) is 3.81. The van der Waals surface area contributed by atoms with Crippen LogP contribution in [0.2, 0.25) is 0 Å². The summed E-state index contributed by atoms with van der Waals surface area (Å²) in [6, 6.07) is 12.3. The molecule has 0 unspecified atom stereocenters. The summed E-state index contributed by atoms with van der Waals surface area (Å²) >= 11 is 0. The van der Waals surface area contributed by atoms with E-state index in [1.807, 2.05) is 14.0 Å². The van der Waals surface area contributed by atoms with Crippen LogP contribution in [0.25, 0.3) is 22.6 Å². The van der Waals surface area contributed by atoms with Gasteiger partial charge in [-0.15, -0.1) is 13.2 Å². The minimum absolute atomic E-state index is 0.0970. The number of fused-ring (bicyclic) bond motifs is 1. The van der Waals surface area contributed by atoms with E-state index in [0.29, 0.717) is 45.2 Å². The van der Waals surface area contributed by atoms with Gasteiger partial charge in [0.2, 0.25) is 0 Å². The monoisotopic (exact) mass is 507 g/mol. The van der Waals surface area contributed by atoms with Gasteiger partial charge in [0.25, 0.3) is 0 Å². The van der Waals surface area contributed by atoms with Crippen molar-refractivity contribution in [3.8, 4) is 17.1 Å². The predicted octanol–water partition coefficient (Wildman–Crippen LogP) is 6.00. The number of Topliss-reactive ketones (excluding diaryl/α,β-unsaturated/α-hetero) is 1. The highest BCUT2D eigenvalue weighted by atomic mass is 19.4. The highest BCUT2D eigenvalue weighted by Crippen LogP contribution is 2.29. The third kappa shape index (κ3) is 5.30. The van der Waals surface area contributed by atoms with E-state index in [0.717, 1.165) is 5.56 Å². The maximum atomic E-state index is 13.0. The van der Waals surface area contributed by atoms with E-state index in [2.05, 4.69) is 25.0 Å². The summed E-state index contributed by atoms with van der Waals surface area (Å²) in [6.07, 6.45) is -0.199. The number of nitrogens with one attached hydrogen (secondary N) is 1. The molecule has 0 bridgehead atoms. The number of anilines is 2. The number of imidazole rings is 1. The molecule has 0 radical (unpaired) electrons. The van der Waals surface area contributed by atoms with Gasteiger partial charge in [-0.1, -0.05) is 24.3 Å². The second-order valence-electron chi connectivity index (χ2n) is 8.39. The Kier molecular flexibility index (Phi) is 6.12. The normalized spacial score (nSPS) is 11.6. The van der Waals surface area contributed by atoms with Gasteiger partial charge in [0.05, 0.1) is 18.2 Å². The first kappa shape index (κ1) is 24.0. The highest BCUT2D eigenvalue weighted by molar-refractivity contribution is 5.99. The first-order valence-electron chi connectivity index (χ1n) is 11.1. The molecule has 0 saturated heterocycles. The number of carbonyl (C=O) groups excluding carboxylic acids is 1. The van der Waals surface area contributed by atoms with E-state index in [4.69, 9.17) is 4.42 Å². The van der Waals surface area contributed by atoms with Crippen molar-refractivity contribution in [1.82, 2.24) is 19.5 Å². The molecule has 1 N–H and O–H groups in total. The van der Waals surface area contributed by atoms with Gasteiger partial charge in [-0.25, -0.2) is 15.0 Å². The zero-order chi connectivity index (χ0) is 26.2. The molecule has 0 aliphatic rings. The molecule has 8 nitrogen and oxygen atoms in total. The summed E-state index contributed by atoms with van der Waals surface area (Å²) in [5, 5.41) is 3.27. The first-order chi connectivity index (χ1) is 17.7. The molecule has 2 aromatic carbocycles. The summed E-state index contributed by atoms with van der Waals surface area (Å²) in [5.74, 6) is 0.252. The number of halogens is 3. The fraction of sp³-hybridized carbons (Fsp3) is 0.154. The van der Waals surface area contributed by atoms with Crippen LogP contribution in [0, 0.1) is 6.92 Å². The number of nitrogens with zero attached hydrogens (tertiary/aromatic N) is 4. The molecule has 0 aliphatic carbocycles. The van der Waals surface area contributed by atoms with Crippen molar-refractivity contribution < 1.29 is 27.1 Å². The van der Waals surface area contributed by atoms with Crippen molar-refractivity contribution in [2.24, 2.45) is 7.05 Å². The van der Waals surface area contributed by atoms with Crippen molar-refractivity contribution in [3.63, 3.8) is 0 Å². The number of hydrogen-bond acceptors (Lipinski definition) is 7. The molecule has 37 heavy (non-hydrogen) atoms.